The molecular formula is C27H38N2O7. The van der Waals surface area contributed by atoms with Crippen LogP contribution in [0.2, 0.25) is 0 Å². The van der Waals surface area contributed by atoms with Gasteiger partial charge in [-0.3, -0.25) is 29.4 Å². The van der Waals surface area contributed by atoms with Crippen molar-refractivity contribution >= 4 is 23.6 Å². The highest BCUT2D eigenvalue weighted by atomic mass is 16.5. The third kappa shape index (κ3) is 7.86. The van der Waals surface area contributed by atoms with Gasteiger partial charge in [-0.1, -0.05) is 13.3 Å². The molecule has 1 atom stereocenters. The topological polar surface area (TPSA) is 111 Å². The zero-order valence-electron chi connectivity index (χ0n) is 21.2. The van der Waals surface area contributed by atoms with E-state index in [1.807, 2.05) is 0 Å². The number of benzene rings is 1. The Hall–Kier alpha value is -2.78. The number of carbonyl (C=O) groups excluding carboxylic acids is 4. The highest BCUT2D eigenvalue weighted by Crippen LogP contribution is 2.30. The summed E-state index contributed by atoms with van der Waals surface area (Å²) >= 11 is 0. The summed E-state index contributed by atoms with van der Waals surface area (Å²) in [4.78, 5) is 50.1. The van der Waals surface area contributed by atoms with Crippen LogP contribution in [-0.4, -0.2) is 67.6 Å². The Morgan fingerprint density at radius 2 is 1.42 bits per heavy atom. The highest BCUT2D eigenvalue weighted by molar-refractivity contribution is 6.23. The monoisotopic (exact) mass is 502 g/mol. The molecule has 0 spiro atoms. The maximum absolute atomic E-state index is 12.9. The molecule has 0 aliphatic carbocycles. The number of ether oxygens (including phenoxy) is 3. The summed E-state index contributed by atoms with van der Waals surface area (Å²) in [5.41, 5.74) is 0.473. The van der Waals surface area contributed by atoms with Crippen LogP contribution >= 0.6 is 0 Å². The van der Waals surface area contributed by atoms with Crippen molar-refractivity contribution in [2.75, 3.05) is 33.0 Å². The van der Waals surface area contributed by atoms with Crippen LogP contribution in [0.4, 0.5) is 0 Å². The summed E-state index contributed by atoms with van der Waals surface area (Å²) in [6.45, 7) is 5.88. The van der Waals surface area contributed by atoms with Gasteiger partial charge in [0.15, 0.2) is 0 Å². The van der Waals surface area contributed by atoms with Gasteiger partial charge in [0, 0.05) is 32.8 Å². The number of hydrogen-bond donors (Lipinski definition) is 1. The Bertz CT molecular complexity index is 917. The van der Waals surface area contributed by atoms with Gasteiger partial charge in [-0.05, 0) is 69.6 Å². The van der Waals surface area contributed by atoms with Crippen LogP contribution in [-0.2, 0) is 19.1 Å². The first-order valence-corrected chi connectivity index (χ1v) is 13.2. The molecule has 2 aliphatic rings. The standard InChI is InChI=1S/C27H38N2O7/c1-2-3-14-34-15-6-4-7-16-35-17-8-5-9-18-36-20-10-11-21-22(19-20)27(33)29(26(21)32)23-12-13-24(30)28-25(23)31/h10-11,19,23H,2-9,12-18H2,1H3,(H,28,30,31). The lowest BCUT2D eigenvalue weighted by molar-refractivity contribution is -0.136. The minimum Gasteiger partial charge on any atom is -0.494 e. The van der Waals surface area contributed by atoms with Crippen molar-refractivity contribution < 1.29 is 33.4 Å². The molecule has 1 aromatic rings. The van der Waals surface area contributed by atoms with E-state index in [1.165, 1.54) is 6.42 Å². The van der Waals surface area contributed by atoms with Gasteiger partial charge in [-0.15, -0.1) is 0 Å². The SMILES string of the molecule is CCCCOCCCCCOCCCCCOc1ccc2c(c1)C(=O)N(C1CCC(=O)NC1=O)C2=O. The molecule has 9 nitrogen and oxygen atoms in total. The first-order valence-electron chi connectivity index (χ1n) is 13.2. The number of nitrogens with one attached hydrogen (secondary N) is 1. The largest absolute Gasteiger partial charge is 0.494 e. The molecule has 1 aromatic carbocycles. The van der Waals surface area contributed by atoms with Gasteiger partial charge in [-0.25, -0.2) is 0 Å². The normalized spacial score (nSPS) is 17.5. The summed E-state index contributed by atoms with van der Waals surface area (Å²) in [6.07, 6.45) is 8.58. The fraction of sp³-hybridized carbons (Fsp3) is 0.630. The van der Waals surface area contributed by atoms with Crippen molar-refractivity contribution in [2.45, 2.75) is 77.2 Å². The van der Waals surface area contributed by atoms with E-state index in [-0.39, 0.29) is 24.0 Å². The first kappa shape index (κ1) is 27.8. The fourth-order valence-corrected chi connectivity index (χ4v) is 4.25. The van der Waals surface area contributed by atoms with Crippen molar-refractivity contribution in [1.29, 1.82) is 0 Å². The minimum absolute atomic E-state index is 0.0951. The molecule has 3 rings (SSSR count). The Morgan fingerprint density at radius 3 is 2.06 bits per heavy atom. The summed E-state index contributed by atoms with van der Waals surface area (Å²) in [7, 11) is 0. The predicted octanol–water partition coefficient (Wildman–Crippen LogP) is 3.64. The van der Waals surface area contributed by atoms with Gasteiger partial charge in [0.2, 0.25) is 11.8 Å². The van der Waals surface area contributed by atoms with Gasteiger partial charge in [0.1, 0.15) is 11.8 Å². The van der Waals surface area contributed by atoms with Crippen LogP contribution in [0, 0.1) is 0 Å². The van der Waals surface area contributed by atoms with Crippen LogP contribution < -0.4 is 10.1 Å². The number of rotatable bonds is 17. The molecule has 2 heterocycles. The minimum atomic E-state index is -0.966. The molecule has 0 bridgehead atoms. The van der Waals surface area contributed by atoms with Crippen LogP contribution in [0.1, 0.15) is 91.8 Å². The van der Waals surface area contributed by atoms with Crippen molar-refractivity contribution in [3.05, 3.63) is 29.3 Å². The van der Waals surface area contributed by atoms with Crippen LogP contribution in [0.5, 0.6) is 5.75 Å². The Balaban J connectivity index is 1.28. The summed E-state index contributed by atoms with van der Waals surface area (Å²) in [6, 6.07) is 3.81. The molecule has 0 radical (unpaired) electrons. The van der Waals surface area contributed by atoms with Gasteiger partial charge in [0.25, 0.3) is 11.8 Å². The molecule has 1 fully saturated rings. The first-order chi connectivity index (χ1) is 17.5. The summed E-state index contributed by atoms with van der Waals surface area (Å²) < 4.78 is 17.0. The molecule has 198 valence electrons. The molecule has 4 amide bonds. The second-order valence-electron chi connectivity index (χ2n) is 9.20. The molecule has 0 saturated carbocycles. The average molecular weight is 503 g/mol. The molecule has 36 heavy (non-hydrogen) atoms. The van der Waals surface area contributed by atoms with Gasteiger partial charge < -0.3 is 14.2 Å². The molecule has 1 N–H and O–H groups in total. The maximum Gasteiger partial charge on any atom is 0.262 e. The summed E-state index contributed by atoms with van der Waals surface area (Å²) in [5, 5.41) is 2.19. The van der Waals surface area contributed by atoms with E-state index in [0.717, 1.165) is 76.3 Å². The van der Waals surface area contributed by atoms with E-state index in [1.54, 1.807) is 18.2 Å². The lowest BCUT2D eigenvalue weighted by Gasteiger charge is -2.27. The van der Waals surface area contributed by atoms with E-state index < -0.39 is 29.7 Å². The van der Waals surface area contributed by atoms with Crippen molar-refractivity contribution in [2.24, 2.45) is 0 Å². The van der Waals surface area contributed by atoms with Gasteiger partial charge in [0.05, 0.1) is 17.7 Å². The Labute approximate surface area is 212 Å². The van der Waals surface area contributed by atoms with Crippen LogP contribution in [0.15, 0.2) is 18.2 Å². The average Bonchev–Trinajstić information content (AvgIpc) is 3.11. The number of imide groups is 2. The Kier molecular flexibility index (Phi) is 11.4. The lowest BCUT2D eigenvalue weighted by atomic mass is 10.0. The molecule has 2 aliphatic heterocycles. The molecule has 0 aromatic heterocycles. The molecule has 1 saturated heterocycles. The quantitative estimate of drug-likeness (QED) is 0.256. The predicted molar refractivity (Wildman–Crippen MR) is 133 cm³/mol. The van der Waals surface area contributed by atoms with E-state index in [2.05, 4.69) is 12.2 Å². The van der Waals surface area contributed by atoms with E-state index in [4.69, 9.17) is 14.2 Å². The maximum atomic E-state index is 12.9. The van der Waals surface area contributed by atoms with Crippen LogP contribution in [0.3, 0.4) is 0 Å². The second-order valence-corrected chi connectivity index (χ2v) is 9.20. The fourth-order valence-electron chi connectivity index (χ4n) is 4.25. The number of unbranched alkanes of at least 4 members (excludes halogenated alkanes) is 5. The zero-order chi connectivity index (χ0) is 25.8. The Morgan fingerprint density at radius 1 is 0.806 bits per heavy atom. The molecular weight excluding hydrogens is 464 g/mol. The van der Waals surface area contributed by atoms with Gasteiger partial charge in [-0.2, -0.15) is 0 Å². The second kappa shape index (κ2) is 14.7. The zero-order valence-corrected chi connectivity index (χ0v) is 21.2. The van der Waals surface area contributed by atoms with Crippen LogP contribution in [0.25, 0.3) is 0 Å². The number of amides is 4. The number of fused-ring (bicyclic) bond motifs is 1. The molecule has 9 heteroatoms. The van der Waals surface area contributed by atoms with E-state index in [9.17, 15) is 19.2 Å². The third-order valence-corrected chi connectivity index (χ3v) is 6.33. The van der Waals surface area contributed by atoms with Gasteiger partial charge >= 0.3 is 0 Å². The number of nitrogens with zero attached hydrogens (tertiary/aromatic N) is 1. The summed E-state index contributed by atoms with van der Waals surface area (Å²) in [5.74, 6) is -1.55. The van der Waals surface area contributed by atoms with E-state index >= 15 is 0 Å². The number of piperidine rings is 1. The third-order valence-electron chi connectivity index (χ3n) is 6.33. The number of hydrogen-bond acceptors (Lipinski definition) is 7. The van der Waals surface area contributed by atoms with E-state index in [0.29, 0.717) is 12.4 Å². The lowest BCUT2D eigenvalue weighted by Crippen LogP contribution is -2.54. The van der Waals surface area contributed by atoms with Crippen molar-refractivity contribution in [1.82, 2.24) is 10.2 Å². The van der Waals surface area contributed by atoms with Crippen molar-refractivity contribution in [3.8, 4) is 5.75 Å². The number of carbonyl (C=O) groups is 4. The smallest absolute Gasteiger partial charge is 0.262 e. The molecule has 1 unspecified atom stereocenters. The highest BCUT2D eigenvalue weighted by Gasteiger charge is 2.44. The van der Waals surface area contributed by atoms with Crippen molar-refractivity contribution in [3.63, 3.8) is 0 Å².